The molecule has 0 N–H and O–H groups in total. The second-order valence-corrected chi connectivity index (χ2v) is 6.05. The van der Waals surface area contributed by atoms with E-state index < -0.39 is 0 Å². The first-order valence-corrected chi connectivity index (χ1v) is 5.79. The minimum atomic E-state index is -0.339. The summed E-state index contributed by atoms with van der Waals surface area (Å²) in [5, 5.41) is 0. The van der Waals surface area contributed by atoms with Crippen LogP contribution in [0.5, 0.6) is 0 Å². The number of rotatable bonds is 1. The number of carbonyl (C=O) groups is 3. The molecule has 0 aromatic rings. The van der Waals surface area contributed by atoms with Crippen molar-refractivity contribution < 1.29 is 14.4 Å². The molecule has 0 saturated heterocycles. The Morgan fingerprint density at radius 2 is 1.81 bits per heavy atom. The molecule has 16 heavy (non-hydrogen) atoms. The Bertz CT molecular complexity index is 394. The molecule has 2 saturated carbocycles. The molecule has 0 heterocycles. The summed E-state index contributed by atoms with van der Waals surface area (Å²) in [6.07, 6.45) is 0.795. The average molecular weight is 222 g/mol. The molecule has 0 aromatic carbocycles. The maximum absolute atomic E-state index is 11.8. The molecule has 2 fully saturated rings. The Labute approximate surface area is 95.6 Å². The number of ketones is 3. The summed E-state index contributed by atoms with van der Waals surface area (Å²) in [6, 6.07) is 0. The lowest BCUT2D eigenvalue weighted by atomic mass is 9.56. The number of hydrogen-bond acceptors (Lipinski definition) is 3. The van der Waals surface area contributed by atoms with E-state index in [0.29, 0.717) is 6.42 Å². The monoisotopic (exact) mass is 222 g/mol. The largest absolute Gasteiger partial charge is 0.300 e. The highest BCUT2D eigenvalue weighted by atomic mass is 16.2. The van der Waals surface area contributed by atoms with Crippen molar-refractivity contribution >= 4 is 17.3 Å². The minimum Gasteiger partial charge on any atom is -0.300 e. The maximum atomic E-state index is 11.8. The number of Topliss-reactive ketones (excluding diaryl/α,β-unsaturated/α-hetero) is 3. The Morgan fingerprint density at radius 1 is 1.25 bits per heavy atom. The quantitative estimate of drug-likeness (QED) is 0.635. The molecule has 2 aliphatic rings. The van der Waals surface area contributed by atoms with Crippen LogP contribution in [0.2, 0.25) is 0 Å². The predicted octanol–water partition coefficient (Wildman–Crippen LogP) is 1.79. The van der Waals surface area contributed by atoms with Crippen LogP contribution in [-0.4, -0.2) is 17.3 Å². The lowest BCUT2D eigenvalue weighted by molar-refractivity contribution is -0.149. The molecular weight excluding hydrogens is 204 g/mol. The summed E-state index contributed by atoms with van der Waals surface area (Å²) in [5.41, 5.74) is -0.581. The van der Waals surface area contributed by atoms with Crippen LogP contribution in [0.25, 0.3) is 0 Å². The van der Waals surface area contributed by atoms with Crippen molar-refractivity contribution in [3.8, 4) is 0 Å². The van der Waals surface area contributed by atoms with Crippen molar-refractivity contribution in [2.24, 2.45) is 22.7 Å². The fourth-order valence-electron chi connectivity index (χ4n) is 3.65. The van der Waals surface area contributed by atoms with Crippen LogP contribution in [0.3, 0.4) is 0 Å². The SMILES string of the molecule is CC(=O)C1CC2C(=O)C(=O)CC1(C)C2(C)C. The fourth-order valence-corrected chi connectivity index (χ4v) is 3.65. The van der Waals surface area contributed by atoms with Crippen molar-refractivity contribution in [1.82, 2.24) is 0 Å². The van der Waals surface area contributed by atoms with Gasteiger partial charge in [-0.25, -0.2) is 0 Å². The highest BCUT2D eigenvalue weighted by Crippen LogP contribution is 2.63. The molecular formula is C13H18O3. The molecule has 0 aromatic heterocycles. The fraction of sp³-hybridized carbons (Fsp3) is 0.769. The van der Waals surface area contributed by atoms with E-state index >= 15 is 0 Å². The van der Waals surface area contributed by atoms with Gasteiger partial charge in [-0.1, -0.05) is 20.8 Å². The van der Waals surface area contributed by atoms with E-state index in [4.69, 9.17) is 0 Å². The van der Waals surface area contributed by atoms with E-state index in [1.165, 1.54) is 0 Å². The molecule has 88 valence electrons. The lowest BCUT2D eigenvalue weighted by Crippen LogP contribution is -2.49. The Hall–Kier alpha value is -0.990. The third kappa shape index (κ3) is 1.12. The molecule has 0 aliphatic heterocycles. The van der Waals surface area contributed by atoms with Crippen molar-refractivity contribution in [1.29, 1.82) is 0 Å². The van der Waals surface area contributed by atoms with E-state index in [9.17, 15) is 14.4 Å². The Morgan fingerprint density at radius 3 is 2.31 bits per heavy atom. The minimum absolute atomic E-state index is 0.112. The summed E-state index contributed by atoms with van der Waals surface area (Å²) in [7, 11) is 0. The van der Waals surface area contributed by atoms with E-state index in [1.807, 2.05) is 20.8 Å². The zero-order valence-electron chi connectivity index (χ0n) is 10.3. The first-order chi connectivity index (χ1) is 7.22. The van der Waals surface area contributed by atoms with Crippen LogP contribution in [0.15, 0.2) is 0 Å². The van der Waals surface area contributed by atoms with Gasteiger partial charge in [-0.05, 0) is 24.2 Å². The number of hydrogen-bond donors (Lipinski definition) is 0. The summed E-state index contributed by atoms with van der Waals surface area (Å²) in [6.45, 7) is 7.60. The second-order valence-electron chi connectivity index (χ2n) is 6.05. The van der Waals surface area contributed by atoms with Crippen LogP contribution in [-0.2, 0) is 14.4 Å². The summed E-state index contributed by atoms with van der Waals surface area (Å²) in [4.78, 5) is 35.2. The third-order valence-corrected chi connectivity index (χ3v) is 5.19. The highest BCUT2D eigenvalue weighted by Gasteiger charge is 2.65. The van der Waals surface area contributed by atoms with Crippen LogP contribution in [0.1, 0.15) is 40.5 Å². The molecule has 3 unspecified atom stereocenters. The summed E-state index contributed by atoms with van der Waals surface area (Å²) >= 11 is 0. The molecule has 3 nitrogen and oxygen atoms in total. The number of fused-ring (bicyclic) bond motifs is 2. The topological polar surface area (TPSA) is 51.2 Å². The van der Waals surface area contributed by atoms with Crippen molar-refractivity contribution in [3.05, 3.63) is 0 Å². The number of carbonyl (C=O) groups excluding carboxylic acids is 3. The zero-order chi connectivity index (χ0) is 12.3. The van der Waals surface area contributed by atoms with Crippen LogP contribution < -0.4 is 0 Å². The molecule has 0 spiro atoms. The summed E-state index contributed by atoms with van der Waals surface area (Å²) in [5.74, 6) is -0.821. The molecule has 2 rings (SSSR count). The third-order valence-electron chi connectivity index (χ3n) is 5.19. The van der Waals surface area contributed by atoms with Crippen LogP contribution >= 0.6 is 0 Å². The molecule has 3 heteroatoms. The van der Waals surface area contributed by atoms with Crippen molar-refractivity contribution in [3.63, 3.8) is 0 Å². The average Bonchev–Trinajstić information content (AvgIpc) is 2.25. The lowest BCUT2D eigenvalue weighted by Gasteiger charge is -2.45. The van der Waals surface area contributed by atoms with Gasteiger partial charge in [0.15, 0.2) is 5.78 Å². The first kappa shape index (κ1) is 11.5. The van der Waals surface area contributed by atoms with Gasteiger partial charge in [0.25, 0.3) is 0 Å². The molecule has 3 atom stereocenters. The zero-order valence-corrected chi connectivity index (χ0v) is 10.3. The van der Waals surface area contributed by atoms with Crippen LogP contribution in [0.4, 0.5) is 0 Å². The highest BCUT2D eigenvalue weighted by molar-refractivity contribution is 6.39. The van der Waals surface area contributed by atoms with E-state index in [0.717, 1.165) is 0 Å². The Balaban J connectivity index is 2.54. The van der Waals surface area contributed by atoms with Gasteiger partial charge in [-0.3, -0.25) is 14.4 Å². The standard InChI is InChI=1S/C13H18O3/c1-7(14)8-5-9-11(16)10(15)6-13(8,4)12(9,2)3/h8-9H,5-6H2,1-4H3. The normalized spacial score (nSPS) is 41.2. The van der Waals surface area contributed by atoms with E-state index in [2.05, 4.69) is 0 Å². The molecule has 0 radical (unpaired) electrons. The molecule has 2 bridgehead atoms. The van der Waals surface area contributed by atoms with Gasteiger partial charge in [0.2, 0.25) is 5.78 Å². The molecule has 0 amide bonds. The second kappa shape index (κ2) is 3.02. The van der Waals surface area contributed by atoms with E-state index in [1.54, 1.807) is 6.92 Å². The van der Waals surface area contributed by atoms with Gasteiger partial charge in [0, 0.05) is 18.3 Å². The van der Waals surface area contributed by atoms with E-state index in [-0.39, 0.29) is 46.4 Å². The van der Waals surface area contributed by atoms with Gasteiger partial charge < -0.3 is 0 Å². The van der Waals surface area contributed by atoms with Gasteiger partial charge in [0.1, 0.15) is 5.78 Å². The summed E-state index contributed by atoms with van der Waals surface area (Å²) < 4.78 is 0. The molecule has 2 aliphatic carbocycles. The van der Waals surface area contributed by atoms with Gasteiger partial charge in [-0.15, -0.1) is 0 Å². The maximum Gasteiger partial charge on any atom is 0.202 e. The van der Waals surface area contributed by atoms with Crippen molar-refractivity contribution in [2.45, 2.75) is 40.5 Å². The predicted molar refractivity (Wildman–Crippen MR) is 58.8 cm³/mol. The Kier molecular flexibility index (Phi) is 2.17. The van der Waals surface area contributed by atoms with Gasteiger partial charge >= 0.3 is 0 Å². The van der Waals surface area contributed by atoms with Crippen molar-refractivity contribution in [2.75, 3.05) is 0 Å². The van der Waals surface area contributed by atoms with Gasteiger partial charge in [-0.2, -0.15) is 0 Å². The first-order valence-electron chi connectivity index (χ1n) is 5.79. The van der Waals surface area contributed by atoms with Gasteiger partial charge in [0.05, 0.1) is 0 Å². The van der Waals surface area contributed by atoms with Crippen LogP contribution in [0, 0.1) is 22.7 Å². The smallest absolute Gasteiger partial charge is 0.202 e.